The van der Waals surface area contributed by atoms with Crippen LogP contribution in [0, 0.1) is 0 Å². The first kappa shape index (κ1) is 16.0. The molecule has 1 aromatic rings. The van der Waals surface area contributed by atoms with E-state index < -0.39 is 17.5 Å². The Balaban J connectivity index is 2.17. The molecule has 1 aliphatic heterocycles. The highest BCUT2D eigenvalue weighted by molar-refractivity contribution is 5.98. The predicted molar refractivity (Wildman–Crippen MR) is 74.3 cm³/mol. The fraction of sp³-hybridized carbons (Fsp3) is 0.533. The van der Waals surface area contributed by atoms with Gasteiger partial charge in [0.15, 0.2) is 5.78 Å². The maximum Gasteiger partial charge on any atom is 0.417 e. The maximum atomic E-state index is 13.0. The molecule has 0 radical (unpaired) electrons. The SMILES string of the molecule is CN1CCN(C)C(CC(=O)c2ccccc2C(F)(F)F)C1. The number of likely N-dealkylation sites (N-methyl/N-ethyl adjacent to an activating group) is 2. The van der Waals surface area contributed by atoms with E-state index in [4.69, 9.17) is 0 Å². The fourth-order valence-corrected chi connectivity index (χ4v) is 2.62. The summed E-state index contributed by atoms with van der Waals surface area (Å²) in [4.78, 5) is 16.4. The number of hydrogen-bond acceptors (Lipinski definition) is 3. The van der Waals surface area contributed by atoms with E-state index in [1.54, 1.807) is 0 Å². The summed E-state index contributed by atoms with van der Waals surface area (Å²) >= 11 is 0. The summed E-state index contributed by atoms with van der Waals surface area (Å²) in [6, 6.07) is 4.96. The molecule has 2 rings (SSSR count). The lowest BCUT2D eigenvalue weighted by molar-refractivity contribution is -0.137. The zero-order valence-corrected chi connectivity index (χ0v) is 12.2. The van der Waals surface area contributed by atoms with Gasteiger partial charge in [-0.1, -0.05) is 18.2 Å². The summed E-state index contributed by atoms with van der Waals surface area (Å²) < 4.78 is 38.9. The second-order valence-electron chi connectivity index (χ2n) is 5.57. The number of alkyl halides is 3. The van der Waals surface area contributed by atoms with E-state index in [1.165, 1.54) is 18.2 Å². The molecule has 0 saturated carbocycles. The summed E-state index contributed by atoms with van der Waals surface area (Å²) in [5.41, 5.74) is -1.08. The molecule has 6 heteroatoms. The average Bonchev–Trinajstić information content (AvgIpc) is 2.42. The molecule has 1 heterocycles. The number of nitrogens with zero attached hydrogens (tertiary/aromatic N) is 2. The van der Waals surface area contributed by atoms with Crippen LogP contribution < -0.4 is 0 Å². The van der Waals surface area contributed by atoms with Gasteiger partial charge >= 0.3 is 6.18 Å². The lowest BCUT2D eigenvalue weighted by atomic mass is 9.97. The van der Waals surface area contributed by atoms with Crippen LogP contribution >= 0.6 is 0 Å². The van der Waals surface area contributed by atoms with Gasteiger partial charge in [-0.15, -0.1) is 0 Å². The summed E-state index contributed by atoms with van der Waals surface area (Å²) in [5, 5.41) is 0. The number of rotatable bonds is 3. The van der Waals surface area contributed by atoms with Crippen molar-refractivity contribution in [3.8, 4) is 0 Å². The van der Waals surface area contributed by atoms with Gasteiger partial charge in [0.2, 0.25) is 0 Å². The molecule has 0 aliphatic carbocycles. The highest BCUT2D eigenvalue weighted by atomic mass is 19.4. The third-order valence-corrected chi connectivity index (χ3v) is 3.93. The van der Waals surface area contributed by atoms with Crippen LogP contribution in [0.3, 0.4) is 0 Å². The molecule has 1 saturated heterocycles. The van der Waals surface area contributed by atoms with Crippen molar-refractivity contribution >= 4 is 5.78 Å². The van der Waals surface area contributed by atoms with Crippen LogP contribution in [0.25, 0.3) is 0 Å². The number of ketones is 1. The van der Waals surface area contributed by atoms with E-state index in [-0.39, 0.29) is 18.0 Å². The molecule has 1 aliphatic rings. The van der Waals surface area contributed by atoms with Gasteiger partial charge < -0.3 is 9.80 Å². The van der Waals surface area contributed by atoms with Crippen molar-refractivity contribution in [2.75, 3.05) is 33.7 Å². The Hall–Kier alpha value is -1.40. The van der Waals surface area contributed by atoms with Gasteiger partial charge in [-0.05, 0) is 20.2 Å². The predicted octanol–water partition coefficient (Wildman–Crippen LogP) is 2.52. The maximum absolute atomic E-state index is 13.0. The van der Waals surface area contributed by atoms with Gasteiger partial charge in [0.1, 0.15) is 0 Å². The Morgan fingerprint density at radius 3 is 2.57 bits per heavy atom. The Kier molecular flexibility index (Phi) is 4.68. The number of carbonyl (C=O) groups is 1. The Morgan fingerprint density at radius 1 is 1.24 bits per heavy atom. The number of carbonyl (C=O) groups excluding carboxylic acids is 1. The molecule has 1 fully saturated rings. The molecule has 1 atom stereocenters. The van der Waals surface area contributed by atoms with E-state index in [9.17, 15) is 18.0 Å². The Morgan fingerprint density at radius 2 is 1.90 bits per heavy atom. The van der Waals surface area contributed by atoms with E-state index >= 15 is 0 Å². The molecule has 1 aromatic carbocycles. The monoisotopic (exact) mass is 300 g/mol. The van der Waals surface area contributed by atoms with Crippen molar-refractivity contribution in [1.82, 2.24) is 9.80 Å². The van der Waals surface area contributed by atoms with Crippen molar-refractivity contribution in [3.05, 3.63) is 35.4 Å². The van der Waals surface area contributed by atoms with Crippen LogP contribution in [0.2, 0.25) is 0 Å². The lowest BCUT2D eigenvalue weighted by Crippen LogP contribution is -2.50. The second kappa shape index (κ2) is 6.15. The number of piperazine rings is 1. The summed E-state index contributed by atoms with van der Waals surface area (Å²) in [6.07, 6.45) is -4.39. The van der Waals surface area contributed by atoms with Crippen molar-refractivity contribution in [2.24, 2.45) is 0 Å². The van der Waals surface area contributed by atoms with Gasteiger partial charge in [-0.2, -0.15) is 13.2 Å². The van der Waals surface area contributed by atoms with Gasteiger partial charge in [0, 0.05) is 37.7 Å². The van der Waals surface area contributed by atoms with Gasteiger partial charge in [0.25, 0.3) is 0 Å². The van der Waals surface area contributed by atoms with Gasteiger partial charge in [0.05, 0.1) is 5.56 Å². The molecule has 3 nitrogen and oxygen atoms in total. The first-order chi connectivity index (χ1) is 9.79. The third kappa shape index (κ3) is 3.83. The Labute approximate surface area is 122 Å². The number of hydrogen-bond donors (Lipinski definition) is 0. The molecule has 1 unspecified atom stereocenters. The van der Waals surface area contributed by atoms with E-state index in [0.717, 1.165) is 19.2 Å². The van der Waals surface area contributed by atoms with Gasteiger partial charge in [-0.25, -0.2) is 0 Å². The van der Waals surface area contributed by atoms with Crippen LogP contribution in [0.4, 0.5) is 13.2 Å². The molecule has 0 aromatic heterocycles. The minimum absolute atomic E-state index is 0.0439. The smallest absolute Gasteiger partial charge is 0.304 e. The number of halogens is 3. The zero-order chi connectivity index (χ0) is 15.6. The molecular formula is C15H19F3N2O. The molecule has 116 valence electrons. The minimum atomic E-state index is -4.50. The number of benzene rings is 1. The largest absolute Gasteiger partial charge is 0.417 e. The summed E-state index contributed by atoms with van der Waals surface area (Å²) in [5.74, 6) is -0.449. The number of Topliss-reactive ketones (excluding diaryl/α,β-unsaturated/α-hetero) is 1. The topological polar surface area (TPSA) is 23.6 Å². The molecule has 0 amide bonds. The fourth-order valence-electron chi connectivity index (χ4n) is 2.62. The highest BCUT2D eigenvalue weighted by Crippen LogP contribution is 2.32. The molecule has 0 bridgehead atoms. The van der Waals surface area contributed by atoms with Crippen LogP contribution in [0.5, 0.6) is 0 Å². The van der Waals surface area contributed by atoms with Crippen molar-refractivity contribution < 1.29 is 18.0 Å². The normalized spacial score (nSPS) is 21.5. The third-order valence-electron chi connectivity index (χ3n) is 3.93. The van der Waals surface area contributed by atoms with E-state index in [1.807, 2.05) is 19.0 Å². The standard InChI is InChI=1S/C15H19F3N2O/c1-19-7-8-20(2)11(10-19)9-14(21)12-5-3-4-6-13(12)15(16,17)18/h3-6,11H,7-10H2,1-2H3. The quantitative estimate of drug-likeness (QED) is 0.802. The molecular weight excluding hydrogens is 281 g/mol. The average molecular weight is 300 g/mol. The van der Waals surface area contributed by atoms with E-state index in [0.29, 0.717) is 6.54 Å². The Bertz CT molecular complexity index is 516. The van der Waals surface area contributed by atoms with Crippen LogP contribution in [-0.2, 0) is 6.18 Å². The molecule has 0 N–H and O–H groups in total. The van der Waals surface area contributed by atoms with Crippen LogP contribution in [0.15, 0.2) is 24.3 Å². The lowest BCUT2D eigenvalue weighted by Gasteiger charge is -2.37. The van der Waals surface area contributed by atoms with Crippen LogP contribution in [0.1, 0.15) is 22.3 Å². The minimum Gasteiger partial charge on any atom is -0.304 e. The summed E-state index contributed by atoms with van der Waals surface area (Å²) in [7, 11) is 3.86. The molecule has 0 spiro atoms. The zero-order valence-electron chi connectivity index (χ0n) is 12.2. The highest BCUT2D eigenvalue weighted by Gasteiger charge is 2.35. The van der Waals surface area contributed by atoms with Crippen LogP contribution in [-0.4, -0.2) is 55.4 Å². The first-order valence-electron chi connectivity index (χ1n) is 6.87. The van der Waals surface area contributed by atoms with Gasteiger partial charge in [-0.3, -0.25) is 4.79 Å². The first-order valence-corrected chi connectivity index (χ1v) is 6.87. The summed E-state index contributed by atoms with van der Waals surface area (Å²) in [6.45, 7) is 2.41. The van der Waals surface area contributed by atoms with Crippen molar-refractivity contribution in [2.45, 2.75) is 18.6 Å². The van der Waals surface area contributed by atoms with E-state index in [2.05, 4.69) is 4.90 Å². The second-order valence-corrected chi connectivity index (χ2v) is 5.57. The van der Waals surface area contributed by atoms with Crippen molar-refractivity contribution in [3.63, 3.8) is 0 Å². The van der Waals surface area contributed by atoms with Crippen molar-refractivity contribution in [1.29, 1.82) is 0 Å². The molecule has 21 heavy (non-hydrogen) atoms.